The number of nitrogens with zero attached hydrogens (tertiary/aromatic N) is 4. The van der Waals surface area contributed by atoms with Crippen molar-refractivity contribution in [2.45, 2.75) is 44.9 Å². The lowest BCUT2D eigenvalue weighted by molar-refractivity contribution is -0.130. The van der Waals surface area contributed by atoms with E-state index < -0.39 is 11.6 Å². The Morgan fingerprint density at radius 1 is 1.24 bits per heavy atom. The van der Waals surface area contributed by atoms with Crippen LogP contribution in [0.2, 0.25) is 0 Å². The minimum absolute atomic E-state index is 0.0643. The van der Waals surface area contributed by atoms with Gasteiger partial charge >= 0.3 is 0 Å². The minimum Gasteiger partial charge on any atom is -0.368 e. The largest absolute Gasteiger partial charge is 0.368 e. The molecule has 3 heterocycles. The van der Waals surface area contributed by atoms with Gasteiger partial charge in [-0.2, -0.15) is 0 Å². The van der Waals surface area contributed by atoms with Crippen molar-refractivity contribution in [3.63, 3.8) is 0 Å². The van der Waals surface area contributed by atoms with Gasteiger partial charge in [0.15, 0.2) is 0 Å². The quantitative estimate of drug-likeness (QED) is 0.788. The summed E-state index contributed by atoms with van der Waals surface area (Å²) in [5.41, 5.74) is 0.487. The monoisotopic (exact) mass is 405 g/mol. The zero-order chi connectivity index (χ0) is 20.2. The van der Waals surface area contributed by atoms with Crippen LogP contribution in [0.3, 0.4) is 0 Å². The molecule has 1 aromatic carbocycles. The molecule has 2 aromatic rings. The molecule has 1 amide bonds. The van der Waals surface area contributed by atoms with E-state index in [2.05, 4.69) is 25.0 Å². The van der Waals surface area contributed by atoms with Gasteiger partial charge in [0.05, 0.1) is 0 Å². The predicted molar refractivity (Wildman–Crippen MR) is 101 cm³/mol. The van der Waals surface area contributed by atoms with Crippen LogP contribution >= 0.6 is 0 Å². The molecule has 0 aliphatic carbocycles. The average molecular weight is 405 g/mol. The summed E-state index contributed by atoms with van der Waals surface area (Å²) >= 11 is 0. The van der Waals surface area contributed by atoms with Crippen molar-refractivity contribution in [3.05, 3.63) is 47.0 Å². The Morgan fingerprint density at radius 3 is 2.93 bits per heavy atom. The van der Waals surface area contributed by atoms with Crippen LogP contribution in [0.15, 0.2) is 18.2 Å². The molecular weight excluding hydrogens is 380 g/mol. The number of nitrogens with one attached hydrogen (secondary N) is 1. The zero-order valence-corrected chi connectivity index (χ0v) is 16.2. The van der Waals surface area contributed by atoms with Crippen molar-refractivity contribution < 1.29 is 18.3 Å². The van der Waals surface area contributed by atoms with Crippen molar-refractivity contribution in [1.82, 2.24) is 25.0 Å². The first-order valence-electron chi connectivity index (χ1n) is 10.1. The first-order chi connectivity index (χ1) is 14.1. The number of carbonyl (C=O) groups is 1. The Morgan fingerprint density at radius 2 is 2.14 bits per heavy atom. The first-order valence-corrected chi connectivity index (χ1v) is 10.1. The van der Waals surface area contributed by atoms with Crippen LogP contribution in [0.5, 0.6) is 0 Å². The van der Waals surface area contributed by atoms with E-state index in [0.29, 0.717) is 44.6 Å². The van der Waals surface area contributed by atoms with E-state index in [-0.39, 0.29) is 12.0 Å². The van der Waals surface area contributed by atoms with Gasteiger partial charge in [-0.05, 0) is 18.9 Å². The molecule has 2 aliphatic rings. The highest BCUT2D eigenvalue weighted by molar-refractivity contribution is 5.80. The van der Waals surface area contributed by atoms with E-state index in [1.807, 2.05) is 0 Å². The van der Waals surface area contributed by atoms with Gasteiger partial charge in [-0.1, -0.05) is 6.07 Å². The molecule has 0 unspecified atom stereocenters. The fourth-order valence-corrected chi connectivity index (χ4v) is 3.86. The summed E-state index contributed by atoms with van der Waals surface area (Å²) < 4.78 is 34.5. The van der Waals surface area contributed by atoms with E-state index in [9.17, 15) is 13.6 Å². The molecule has 1 saturated heterocycles. The molecule has 7 nitrogen and oxygen atoms in total. The average Bonchev–Trinajstić information content (AvgIpc) is 3.32. The van der Waals surface area contributed by atoms with Crippen molar-refractivity contribution in [1.29, 1.82) is 0 Å². The van der Waals surface area contributed by atoms with E-state index in [0.717, 1.165) is 43.6 Å². The summed E-state index contributed by atoms with van der Waals surface area (Å²) in [5.74, 6) is 0.585. The maximum absolute atomic E-state index is 14.0. The van der Waals surface area contributed by atoms with Crippen LogP contribution in [0.25, 0.3) is 0 Å². The number of amides is 1. The molecule has 1 fully saturated rings. The molecule has 1 atom stereocenters. The third kappa shape index (κ3) is 4.79. The highest BCUT2D eigenvalue weighted by Gasteiger charge is 2.24. The Bertz CT molecular complexity index is 867. The summed E-state index contributed by atoms with van der Waals surface area (Å²) in [7, 11) is 0. The predicted octanol–water partition coefficient (Wildman–Crippen LogP) is 1.45. The molecule has 2 aliphatic heterocycles. The maximum Gasteiger partial charge on any atom is 0.249 e. The Kier molecular flexibility index (Phi) is 6.15. The lowest BCUT2D eigenvalue weighted by atomic mass is 10.2. The number of aromatic nitrogens is 3. The highest BCUT2D eigenvalue weighted by Crippen LogP contribution is 2.16. The number of hydrogen-bond donors (Lipinski definition) is 1. The van der Waals surface area contributed by atoms with Crippen molar-refractivity contribution >= 4 is 5.91 Å². The van der Waals surface area contributed by atoms with Crippen LogP contribution in [0, 0.1) is 11.6 Å². The third-order valence-corrected chi connectivity index (χ3v) is 5.47. The van der Waals surface area contributed by atoms with Crippen LogP contribution < -0.4 is 5.32 Å². The second-order valence-corrected chi connectivity index (χ2v) is 7.49. The molecule has 0 radical (unpaired) electrons. The number of ether oxygens (including phenoxy) is 1. The lowest BCUT2D eigenvalue weighted by Gasteiger charge is -2.20. The van der Waals surface area contributed by atoms with Gasteiger partial charge < -0.3 is 14.6 Å². The van der Waals surface area contributed by atoms with Gasteiger partial charge in [0.1, 0.15) is 29.4 Å². The molecule has 4 rings (SSSR count). The van der Waals surface area contributed by atoms with Crippen molar-refractivity contribution in [3.8, 4) is 0 Å². The van der Waals surface area contributed by atoms with Gasteiger partial charge in [-0.15, -0.1) is 10.2 Å². The fraction of sp³-hybridized carbons (Fsp3) is 0.550. The van der Waals surface area contributed by atoms with Crippen LogP contribution in [0.4, 0.5) is 8.78 Å². The molecule has 0 spiro atoms. The Hall–Kier alpha value is -2.39. The number of rotatable bonds is 6. The lowest BCUT2D eigenvalue weighted by Crippen LogP contribution is -2.35. The fourth-order valence-electron chi connectivity index (χ4n) is 3.86. The number of hydrogen-bond acceptors (Lipinski definition) is 5. The van der Waals surface area contributed by atoms with Gasteiger partial charge in [-0.25, -0.2) is 8.78 Å². The minimum atomic E-state index is -0.565. The van der Waals surface area contributed by atoms with Gasteiger partial charge in [0, 0.05) is 63.8 Å². The topological polar surface area (TPSA) is 72.3 Å². The highest BCUT2D eigenvalue weighted by atomic mass is 19.1. The second-order valence-electron chi connectivity index (χ2n) is 7.49. The summed E-state index contributed by atoms with van der Waals surface area (Å²) in [6.45, 7) is 3.70. The Balaban J connectivity index is 1.31. The van der Waals surface area contributed by atoms with Gasteiger partial charge in [-0.3, -0.25) is 9.69 Å². The van der Waals surface area contributed by atoms with E-state index in [1.165, 1.54) is 12.1 Å². The van der Waals surface area contributed by atoms with Gasteiger partial charge in [0.25, 0.3) is 0 Å². The number of carbonyl (C=O) groups excluding carboxylic acids is 1. The molecule has 0 bridgehead atoms. The van der Waals surface area contributed by atoms with Crippen LogP contribution in [-0.2, 0) is 35.5 Å². The molecule has 1 aromatic heterocycles. The smallest absolute Gasteiger partial charge is 0.249 e. The summed E-state index contributed by atoms with van der Waals surface area (Å²) in [6, 6.07) is 3.71. The number of halogens is 2. The van der Waals surface area contributed by atoms with E-state index >= 15 is 0 Å². The molecule has 9 heteroatoms. The number of fused-ring (bicyclic) bond motifs is 1. The summed E-state index contributed by atoms with van der Waals surface area (Å²) in [5, 5.41) is 11.5. The van der Waals surface area contributed by atoms with E-state index in [4.69, 9.17) is 4.74 Å². The summed E-state index contributed by atoms with van der Waals surface area (Å²) in [6.07, 6.45) is 2.67. The molecular formula is C20H25F2N5O2. The van der Waals surface area contributed by atoms with E-state index in [1.54, 1.807) is 0 Å². The Labute approximate surface area is 168 Å². The van der Waals surface area contributed by atoms with Crippen molar-refractivity contribution in [2.75, 3.05) is 26.2 Å². The standard InChI is InChI=1S/C20H25F2N5O2/c21-15-4-3-14(16(22)12-15)13-26-8-6-19-25-24-18(27(19)10-9-26)5-7-23-20(28)17-2-1-11-29-17/h3-4,12,17H,1-2,5-11,13H2,(H,23,28)/t17-/m0/s1. The SMILES string of the molecule is O=C(NCCc1nnc2n1CCN(Cc1ccc(F)cc1F)CC2)[C@@H]1CCCO1. The van der Waals surface area contributed by atoms with Crippen LogP contribution in [0.1, 0.15) is 30.1 Å². The molecule has 1 N–H and O–H groups in total. The number of benzene rings is 1. The third-order valence-electron chi connectivity index (χ3n) is 5.47. The van der Waals surface area contributed by atoms with Crippen LogP contribution in [-0.4, -0.2) is 57.9 Å². The molecule has 156 valence electrons. The normalized spacial score (nSPS) is 19.7. The summed E-state index contributed by atoms with van der Waals surface area (Å²) in [4.78, 5) is 14.2. The maximum atomic E-state index is 14.0. The zero-order valence-electron chi connectivity index (χ0n) is 16.2. The first kappa shape index (κ1) is 19.9. The second kappa shape index (κ2) is 8.96. The van der Waals surface area contributed by atoms with Gasteiger partial charge in [0.2, 0.25) is 5.91 Å². The van der Waals surface area contributed by atoms with Crippen molar-refractivity contribution in [2.24, 2.45) is 0 Å². The molecule has 29 heavy (non-hydrogen) atoms. The molecule has 0 saturated carbocycles.